The summed E-state index contributed by atoms with van der Waals surface area (Å²) in [5.74, 6) is 4.08. The molecular formula is C68H70N2O25P+. The topological polar surface area (TPSA) is 372 Å². The van der Waals surface area contributed by atoms with Crippen LogP contribution in [0, 0.1) is 11.3 Å². The summed E-state index contributed by atoms with van der Waals surface area (Å²) < 4.78 is 81.8. The molecule has 0 radical (unpaired) electrons. The highest BCUT2D eigenvalue weighted by Crippen LogP contribution is 2.46. The number of rotatable bonds is 10. The molecular weight excluding hydrogens is 1280 g/mol. The second-order valence-electron chi connectivity index (χ2n) is 21.0. The Morgan fingerprint density at radius 3 is 1.41 bits per heavy atom. The van der Waals surface area contributed by atoms with Gasteiger partial charge in [-0.05, 0) is 90.1 Å². The van der Waals surface area contributed by atoms with Crippen LogP contribution in [0.4, 0.5) is 0 Å². The van der Waals surface area contributed by atoms with Gasteiger partial charge in [-0.15, -0.1) is 0 Å². The number of aliphatic hydroxyl groups excluding tert-OH is 3. The van der Waals surface area contributed by atoms with Crippen LogP contribution in [0.25, 0.3) is 56.0 Å². The lowest BCUT2D eigenvalue weighted by Crippen LogP contribution is -2.35. The van der Waals surface area contributed by atoms with E-state index < -0.39 is 31.5 Å². The van der Waals surface area contributed by atoms with Crippen LogP contribution in [-0.4, -0.2) is 127 Å². The average molecular weight is 1350 g/mol. The van der Waals surface area contributed by atoms with E-state index >= 15 is 0 Å². The Balaban J connectivity index is 0.000000146. The van der Waals surface area contributed by atoms with Crippen molar-refractivity contribution in [2.45, 2.75) is 72.3 Å². The number of aromatic hydroxyl groups is 2. The molecule has 0 amide bonds. The van der Waals surface area contributed by atoms with Gasteiger partial charge in [0.25, 0.3) is 14.3 Å². The normalized spacial score (nSPS) is 15.2. The molecule has 0 spiro atoms. The van der Waals surface area contributed by atoms with Crippen LogP contribution in [0.5, 0.6) is 46.0 Å². The maximum absolute atomic E-state index is 11.1. The molecule has 14 rings (SSSR count). The SMILES string of the molecule is CCO.CCOP(OCCC#N)N(C(C)C)C(C)C.O=c1ccc2c(o1)=CC1=C([C+]=2)OCC(CO)O1.O=c1ccc2cc(O)c(O)cc2o1.O=c1ccc2cc3c(cc2o1)OCC(CO)O3.O=c1ccc2cc3c(cc2o1)OCCO3.O=c1ccc2cc3c(cc2o1)OCCO3. The molecule has 9 heterocycles. The van der Waals surface area contributed by atoms with E-state index in [1.165, 1.54) is 48.5 Å². The second-order valence-corrected chi connectivity index (χ2v) is 22.5. The third-order valence-corrected chi connectivity index (χ3v) is 15.5. The molecule has 0 saturated heterocycles. The number of allylic oxidation sites excluding steroid dienone is 2. The van der Waals surface area contributed by atoms with Gasteiger partial charge in [-0.3, -0.25) is 0 Å². The van der Waals surface area contributed by atoms with E-state index in [1.54, 1.807) is 61.5 Å². The van der Waals surface area contributed by atoms with Crippen LogP contribution < -0.4 is 67.2 Å². The minimum atomic E-state index is -1.03. The number of nitrogens with zero attached hydrogens (tertiary/aromatic N) is 2. The molecule has 1 aliphatic carbocycles. The van der Waals surface area contributed by atoms with Crippen molar-refractivity contribution in [2.75, 3.05) is 72.7 Å². The van der Waals surface area contributed by atoms with Gasteiger partial charge in [0.1, 0.15) is 68.0 Å². The zero-order valence-corrected chi connectivity index (χ0v) is 53.9. The quantitative estimate of drug-likeness (QED) is 0.0295. The number of hydrogen-bond acceptors (Lipinski definition) is 27. The second kappa shape index (κ2) is 34.8. The number of nitriles is 1. The van der Waals surface area contributed by atoms with E-state index in [0.29, 0.717) is 137 Å². The number of ether oxygens (including phenoxy) is 8. The summed E-state index contributed by atoms with van der Waals surface area (Å²) in [4.78, 5) is 55.0. The molecule has 3 unspecified atom stereocenters. The van der Waals surface area contributed by atoms with Crippen LogP contribution in [-0.2, 0) is 18.5 Å². The van der Waals surface area contributed by atoms with Gasteiger partial charge >= 0.3 is 33.9 Å². The monoisotopic (exact) mass is 1350 g/mol. The van der Waals surface area contributed by atoms with Crippen molar-refractivity contribution in [3.8, 4) is 52.1 Å². The fourth-order valence-electron chi connectivity index (χ4n) is 9.18. The van der Waals surface area contributed by atoms with Crippen molar-refractivity contribution in [1.82, 2.24) is 4.67 Å². The Bertz CT molecular complexity index is 4530. The Morgan fingerprint density at radius 2 is 0.938 bits per heavy atom. The molecule has 5 aromatic heterocycles. The van der Waals surface area contributed by atoms with Crippen molar-refractivity contribution in [1.29, 1.82) is 5.26 Å². The number of hydrogen-bond donors (Lipinski definition) is 5. The van der Waals surface area contributed by atoms with Gasteiger partial charge in [0.2, 0.25) is 5.42 Å². The van der Waals surface area contributed by atoms with Gasteiger partial charge in [-0.1, -0.05) is 0 Å². The predicted octanol–water partition coefficient (Wildman–Crippen LogP) is 7.27. The Kier molecular flexibility index (Phi) is 25.9. The third kappa shape index (κ3) is 19.7. The van der Waals surface area contributed by atoms with Crippen molar-refractivity contribution in [3.63, 3.8) is 0 Å². The average Bonchev–Trinajstić information content (AvgIpc) is 0.838. The van der Waals surface area contributed by atoms with Gasteiger partial charge < -0.3 is 94.6 Å². The summed E-state index contributed by atoms with van der Waals surface area (Å²) in [6.07, 6.45) is 4.19. The maximum Gasteiger partial charge on any atom is 0.355 e. The summed E-state index contributed by atoms with van der Waals surface area (Å²) in [6.45, 7) is 16.0. The molecule has 9 aromatic rings. The van der Waals surface area contributed by atoms with Gasteiger partial charge in [0, 0.05) is 94.8 Å². The molecule has 5 aliphatic rings. The number of phenols is 2. The van der Waals surface area contributed by atoms with Crippen LogP contribution in [0.1, 0.15) is 48.0 Å². The maximum atomic E-state index is 11.1. The summed E-state index contributed by atoms with van der Waals surface area (Å²) in [7, 11) is -1.03. The molecule has 4 aliphatic heterocycles. The minimum Gasteiger partial charge on any atom is -0.504 e. The van der Waals surface area contributed by atoms with Crippen molar-refractivity contribution in [3.05, 3.63) is 183 Å². The van der Waals surface area contributed by atoms with Gasteiger partial charge in [-0.2, -0.15) is 5.26 Å². The van der Waals surface area contributed by atoms with Crippen LogP contribution in [0.15, 0.2) is 167 Å². The Labute approximate surface area is 547 Å². The van der Waals surface area contributed by atoms with Crippen LogP contribution in [0.3, 0.4) is 0 Å². The molecule has 28 heteroatoms. The standard InChI is InChI=1S/C12H10O5.C12H9O5.C11H23N2O2P.2C11H8O4.C9H6O4.C2H6O/c13-5-8-6-15-10-4-9-7(3-11(10)16-8)1-2-12(14)17-9;13-5-8-6-15-10-3-7-1-2-12(14)17-9(7)4-11(10)16-8;1-6-14-16(15-9-7-8-12)13(10(2)3)11(4)5;2*12-11-2-1-7-5-9-10(6-8(7)15-11)14-4-3-13-9;10-6-3-5-1-2-9(12)13-8(5)4-7(6)11;1-2-3/h1-4,8,13H,5-6H2;1-2,4,8,13H,5-6H2;10-11H,6-7,9H2,1-5H3;2*1-2,5-6H,3-4H2;1-4,10-11H;3H,2H2,1H3/q;+1;;;;;. The first-order valence-corrected chi connectivity index (χ1v) is 31.3. The van der Waals surface area contributed by atoms with E-state index in [9.17, 15) is 24.0 Å². The lowest BCUT2D eigenvalue weighted by atomic mass is 10.2. The van der Waals surface area contributed by atoms with E-state index in [2.05, 4.69) is 44.5 Å². The fraction of sp³-hybridized carbons (Fsp3) is 0.324. The molecule has 0 bridgehead atoms. The lowest BCUT2D eigenvalue weighted by molar-refractivity contribution is -0.0176. The van der Waals surface area contributed by atoms with Gasteiger partial charge in [-0.25, -0.2) is 28.6 Å². The van der Waals surface area contributed by atoms with Crippen LogP contribution in [0.2, 0.25) is 0 Å². The molecule has 3 atom stereocenters. The first-order valence-electron chi connectivity index (χ1n) is 30.1. The van der Waals surface area contributed by atoms with Gasteiger partial charge in [0.15, 0.2) is 63.4 Å². The first kappa shape index (κ1) is 71.6. The largest absolute Gasteiger partial charge is 0.504 e. The fourth-order valence-corrected chi connectivity index (χ4v) is 10.7. The highest BCUT2D eigenvalue weighted by atomic mass is 31.2. The van der Waals surface area contributed by atoms with Crippen molar-refractivity contribution < 1.29 is 94.6 Å². The van der Waals surface area contributed by atoms with Gasteiger partial charge in [0.05, 0.1) is 51.1 Å². The smallest absolute Gasteiger partial charge is 0.355 e. The molecule has 506 valence electrons. The Morgan fingerprint density at radius 1 is 0.531 bits per heavy atom. The summed E-state index contributed by atoms with van der Waals surface area (Å²) >= 11 is 0. The lowest BCUT2D eigenvalue weighted by Gasteiger charge is -2.35. The molecule has 96 heavy (non-hydrogen) atoms. The zero-order chi connectivity index (χ0) is 68.8. The minimum absolute atomic E-state index is 0.0959. The van der Waals surface area contributed by atoms with E-state index in [-0.39, 0.29) is 67.5 Å². The molecule has 4 aromatic carbocycles. The summed E-state index contributed by atoms with van der Waals surface area (Å²) in [5.41, 5.74) is 0.0988. The predicted molar refractivity (Wildman–Crippen MR) is 349 cm³/mol. The number of benzene rings is 4. The highest BCUT2D eigenvalue weighted by Gasteiger charge is 2.30. The number of fused-ring (bicyclic) bond motifs is 8. The summed E-state index contributed by atoms with van der Waals surface area (Å²) in [6, 6.07) is 30.6. The van der Waals surface area contributed by atoms with Crippen LogP contribution >= 0.6 is 8.53 Å². The van der Waals surface area contributed by atoms with E-state index in [4.69, 9.17) is 99.8 Å². The molecule has 0 saturated carbocycles. The van der Waals surface area contributed by atoms with E-state index in [0.717, 1.165) is 16.2 Å². The molecule has 5 N–H and O–H groups in total. The molecule has 0 fully saturated rings. The molecule has 27 nitrogen and oxygen atoms in total. The number of phenolic OH excluding ortho intramolecular Hbond substituents is 2. The number of aliphatic hydroxyl groups is 3. The zero-order valence-electron chi connectivity index (χ0n) is 53.0. The van der Waals surface area contributed by atoms with E-state index in [1.807, 2.05) is 19.1 Å². The Hall–Kier alpha value is -10.3. The van der Waals surface area contributed by atoms with Crippen molar-refractivity contribution in [2.24, 2.45) is 0 Å². The first-order chi connectivity index (χ1) is 46.3. The highest BCUT2D eigenvalue weighted by molar-refractivity contribution is 7.44. The van der Waals surface area contributed by atoms with Crippen molar-refractivity contribution >= 4 is 64.6 Å². The third-order valence-electron chi connectivity index (χ3n) is 13.3. The summed E-state index contributed by atoms with van der Waals surface area (Å²) in [5, 5.41) is 55.9.